The van der Waals surface area contributed by atoms with Crippen molar-refractivity contribution in [2.24, 2.45) is 11.8 Å². The maximum atomic E-state index is 13.0. The number of carbonyl (C=O) groups excluding carboxylic acids is 2. The summed E-state index contributed by atoms with van der Waals surface area (Å²) in [6.45, 7) is 7.07. The van der Waals surface area contributed by atoms with Crippen molar-refractivity contribution in [2.75, 3.05) is 19.6 Å². The molecule has 1 fully saturated rings. The van der Waals surface area contributed by atoms with Crippen LogP contribution in [0.1, 0.15) is 49.0 Å². The molecule has 2 N–H and O–H groups in total. The molecule has 1 saturated heterocycles. The second-order valence-electron chi connectivity index (χ2n) is 9.82. The lowest BCUT2D eigenvalue weighted by Crippen LogP contribution is -2.49. The molecule has 6 nitrogen and oxygen atoms in total. The topological polar surface area (TPSA) is 70.7 Å². The molecule has 0 spiro atoms. The second-order valence-corrected chi connectivity index (χ2v) is 10.3. The number of alkyl halides is 3. The molecule has 2 aromatic rings. The number of likely N-dealkylation sites (tertiary alicyclic amines) is 1. The third-order valence-corrected chi connectivity index (χ3v) is 6.50. The van der Waals surface area contributed by atoms with Crippen molar-refractivity contribution in [3.63, 3.8) is 0 Å². The minimum Gasteiger partial charge on any atom is -0.406 e. The van der Waals surface area contributed by atoms with Crippen molar-refractivity contribution in [1.82, 2.24) is 15.5 Å². The van der Waals surface area contributed by atoms with Gasteiger partial charge in [0.2, 0.25) is 5.91 Å². The lowest BCUT2D eigenvalue weighted by Gasteiger charge is -2.32. The summed E-state index contributed by atoms with van der Waals surface area (Å²) < 4.78 is 41.5. The van der Waals surface area contributed by atoms with Gasteiger partial charge in [0, 0.05) is 23.7 Å². The first-order valence-electron chi connectivity index (χ1n) is 12.4. The smallest absolute Gasteiger partial charge is 0.406 e. The normalized spacial score (nSPS) is 15.9. The van der Waals surface area contributed by atoms with Gasteiger partial charge < -0.3 is 15.4 Å². The van der Waals surface area contributed by atoms with E-state index in [-0.39, 0.29) is 17.4 Å². The Bertz CT molecular complexity index is 1040. The Balaban J connectivity index is 1.50. The molecule has 1 aliphatic heterocycles. The molecule has 3 rings (SSSR count). The third kappa shape index (κ3) is 9.89. The highest BCUT2D eigenvalue weighted by atomic mass is 35.5. The lowest BCUT2D eigenvalue weighted by atomic mass is 9.96. The number of hydrogen-bond donors (Lipinski definition) is 2. The molecule has 2 aromatic carbocycles. The summed E-state index contributed by atoms with van der Waals surface area (Å²) >= 11 is 5.96. The number of hydrogen-bond acceptors (Lipinski definition) is 4. The Labute approximate surface area is 220 Å². The van der Waals surface area contributed by atoms with Crippen LogP contribution in [0.4, 0.5) is 13.2 Å². The van der Waals surface area contributed by atoms with Gasteiger partial charge in [-0.3, -0.25) is 14.5 Å². The van der Waals surface area contributed by atoms with E-state index in [1.165, 1.54) is 17.7 Å². The molecule has 1 aliphatic rings. The average Bonchev–Trinajstić information content (AvgIpc) is 2.83. The fourth-order valence-electron chi connectivity index (χ4n) is 4.34. The monoisotopic (exact) mass is 539 g/mol. The van der Waals surface area contributed by atoms with Gasteiger partial charge in [0.25, 0.3) is 5.91 Å². The van der Waals surface area contributed by atoms with E-state index in [2.05, 4.69) is 20.3 Å². The molecule has 1 unspecified atom stereocenters. The highest BCUT2D eigenvalue weighted by molar-refractivity contribution is 6.30. The van der Waals surface area contributed by atoms with Gasteiger partial charge in [-0.15, -0.1) is 13.2 Å². The number of carbonyl (C=O) groups is 2. The average molecular weight is 540 g/mol. The number of amides is 2. The molecule has 0 aliphatic carbocycles. The van der Waals surface area contributed by atoms with E-state index in [1.54, 1.807) is 0 Å². The summed E-state index contributed by atoms with van der Waals surface area (Å²) in [6.07, 6.45) is -2.57. The summed E-state index contributed by atoms with van der Waals surface area (Å²) in [7, 11) is 0. The maximum absolute atomic E-state index is 13.0. The van der Waals surface area contributed by atoms with E-state index in [0.29, 0.717) is 23.9 Å². The van der Waals surface area contributed by atoms with Crippen molar-refractivity contribution >= 4 is 23.4 Å². The van der Waals surface area contributed by atoms with Crippen LogP contribution in [-0.2, 0) is 11.3 Å². The molecule has 37 heavy (non-hydrogen) atoms. The van der Waals surface area contributed by atoms with Gasteiger partial charge in [-0.05, 0) is 80.1 Å². The highest BCUT2D eigenvalue weighted by Gasteiger charge is 2.31. The van der Waals surface area contributed by atoms with Crippen LogP contribution in [0.15, 0.2) is 48.5 Å². The van der Waals surface area contributed by atoms with Crippen LogP contribution in [0.25, 0.3) is 0 Å². The van der Waals surface area contributed by atoms with Crippen LogP contribution in [-0.4, -0.2) is 48.8 Å². The number of nitrogens with zero attached hydrogens (tertiary/aromatic N) is 1. The molecule has 0 bridgehead atoms. The van der Waals surface area contributed by atoms with Gasteiger partial charge in [-0.2, -0.15) is 0 Å². The van der Waals surface area contributed by atoms with Gasteiger partial charge in [0.05, 0.1) is 0 Å². The number of rotatable bonds is 10. The van der Waals surface area contributed by atoms with E-state index in [1.807, 2.05) is 38.1 Å². The molecule has 0 radical (unpaired) electrons. The Morgan fingerprint density at radius 3 is 2.41 bits per heavy atom. The minimum atomic E-state index is -4.86. The molecular formula is C27H33ClF3N3O3. The Morgan fingerprint density at radius 2 is 1.78 bits per heavy atom. The first-order valence-corrected chi connectivity index (χ1v) is 12.8. The lowest BCUT2D eigenvalue weighted by molar-refractivity contribution is -0.274. The first-order chi connectivity index (χ1) is 17.5. The molecule has 0 aromatic heterocycles. The largest absolute Gasteiger partial charge is 0.573 e. The molecule has 2 amide bonds. The number of piperidine rings is 1. The summed E-state index contributed by atoms with van der Waals surface area (Å²) in [6, 6.07) is 11.8. The summed E-state index contributed by atoms with van der Waals surface area (Å²) in [5, 5.41) is 6.36. The Kier molecular flexibility index (Phi) is 10.2. The van der Waals surface area contributed by atoms with E-state index < -0.39 is 24.1 Å². The van der Waals surface area contributed by atoms with Gasteiger partial charge in [0.1, 0.15) is 11.8 Å². The summed E-state index contributed by atoms with van der Waals surface area (Å²) in [5.74, 6) is -0.978. The predicted molar refractivity (Wildman–Crippen MR) is 136 cm³/mol. The molecule has 0 saturated carbocycles. The summed E-state index contributed by atoms with van der Waals surface area (Å²) in [5.41, 5.74) is 1.19. The SMILES string of the molecule is CC(C)CC(NC(=O)c1cccc(OC(F)(F)F)c1)C(=O)NCC1CCN(Cc2ccc(Cl)cc2)CC1. The zero-order valence-electron chi connectivity index (χ0n) is 21.0. The standard InChI is InChI=1S/C27H33ClF3N3O3/c1-18(2)14-24(33-25(35)21-4-3-5-23(15-21)37-27(29,30)31)26(36)32-16-19-10-12-34(13-11-19)17-20-6-8-22(28)9-7-20/h3-9,15,18-19,24H,10-14,16-17H2,1-2H3,(H,32,36)(H,33,35). The second kappa shape index (κ2) is 13.1. The van der Waals surface area contributed by atoms with E-state index >= 15 is 0 Å². The van der Waals surface area contributed by atoms with Crippen molar-refractivity contribution in [2.45, 2.75) is 52.1 Å². The Hall–Kier alpha value is -2.78. The first kappa shape index (κ1) is 28.8. The van der Waals surface area contributed by atoms with Crippen LogP contribution in [0, 0.1) is 11.8 Å². The van der Waals surface area contributed by atoms with Crippen LogP contribution in [0.5, 0.6) is 5.75 Å². The molecule has 10 heteroatoms. The third-order valence-electron chi connectivity index (χ3n) is 6.25. The zero-order valence-corrected chi connectivity index (χ0v) is 21.7. The van der Waals surface area contributed by atoms with Gasteiger partial charge in [-0.25, -0.2) is 0 Å². The molecule has 1 heterocycles. The van der Waals surface area contributed by atoms with Gasteiger partial charge >= 0.3 is 6.36 Å². The highest BCUT2D eigenvalue weighted by Crippen LogP contribution is 2.24. The number of ether oxygens (including phenoxy) is 1. The van der Waals surface area contributed by atoms with Gasteiger partial charge in [-0.1, -0.05) is 43.6 Å². The quantitative estimate of drug-likeness (QED) is 0.423. The van der Waals surface area contributed by atoms with Crippen LogP contribution in [0.3, 0.4) is 0 Å². The molecule has 202 valence electrons. The number of benzene rings is 2. The van der Waals surface area contributed by atoms with Crippen molar-refractivity contribution in [3.8, 4) is 5.75 Å². The minimum absolute atomic E-state index is 0.0173. The van der Waals surface area contributed by atoms with Crippen molar-refractivity contribution in [3.05, 3.63) is 64.7 Å². The van der Waals surface area contributed by atoms with E-state index in [9.17, 15) is 22.8 Å². The van der Waals surface area contributed by atoms with E-state index in [4.69, 9.17) is 11.6 Å². The fourth-order valence-corrected chi connectivity index (χ4v) is 4.47. The summed E-state index contributed by atoms with van der Waals surface area (Å²) in [4.78, 5) is 28.1. The van der Waals surface area contributed by atoms with Gasteiger partial charge in [0.15, 0.2) is 0 Å². The number of halogens is 4. The number of nitrogens with one attached hydrogen (secondary N) is 2. The van der Waals surface area contributed by atoms with Crippen molar-refractivity contribution in [1.29, 1.82) is 0 Å². The molecule has 1 atom stereocenters. The Morgan fingerprint density at radius 1 is 1.11 bits per heavy atom. The predicted octanol–water partition coefficient (Wildman–Crippen LogP) is 5.41. The van der Waals surface area contributed by atoms with E-state index in [0.717, 1.165) is 44.6 Å². The fraction of sp³-hybridized carbons (Fsp3) is 0.481. The maximum Gasteiger partial charge on any atom is 0.573 e. The molecular weight excluding hydrogens is 507 g/mol. The van der Waals surface area contributed by atoms with Crippen LogP contribution >= 0.6 is 11.6 Å². The van der Waals surface area contributed by atoms with Crippen LogP contribution < -0.4 is 15.4 Å². The zero-order chi connectivity index (χ0) is 27.0. The van der Waals surface area contributed by atoms with Crippen molar-refractivity contribution < 1.29 is 27.5 Å². The van der Waals surface area contributed by atoms with Crippen LogP contribution in [0.2, 0.25) is 5.02 Å².